The minimum absolute atomic E-state index is 0.0271. The van der Waals surface area contributed by atoms with E-state index in [4.69, 9.17) is 18.3 Å². The molecule has 4 atom stereocenters. The second kappa shape index (κ2) is 16.3. The molecule has 1 rings (SSSR count). The topological polar surface area (TPSA) is 36.9 Å². The van der Waals surface area contributed by atoms with E-state index in [-0.39, 0.29) is 28.8 Å². The average Bonchev–Trinajstić information content (AvgIpc) is 2.84. The van der Waals surface area contributed by atoms with Gasteiger partial charge in [0.05, 0.1) is 22.9 Å². The molecular formula is C32H68O4S2Si2. The van der Waals surface area contributed by atoms with Gasteiger partial charge in [-0.3, -0.25) is 0 Å². The maximum atomic E-state index is 7.25. The maximum absolute atomic E-state index is 7.25. The number of hydrogen-bond acceptors (Lipinski definition) is 6. The minimum atomic E-state index is -2.08. The summed E-state index contributed by atoms with van der Waals surface area (Å²) in [5.41, 5.74) is 1.89. The van der Waals surface area contributed by atoms with Gasteiger partial charge in [-0.2, -0.15) is 0 Å². The Morgan fingerprint density at radius 3 is 1.65 bits per heavy atom. The lowest BCUT2D eigenvalue weighted by molar-refractivity contribution is -0.0994. The van der Waals surface area contributed by atoms with E-state index in [1.807, 2.05) is 14.2 Å². The van der Waals surface area contributed by atoms with E-state index in [0.717, 1.165) is 19.4 Å². The number of methoxy groups -OCH3 is 2. The zero-order chi connectivity index (χ0) is 31.1. The van der Waals surface area contributed by atoms with Gasteiger partial charge in [0.2, 0.25) is 0 Å². The third-order valence-electron chi connectivity index (χ3n) is 9.73. The molecule has 0 bridgehead atoms. The van der Waals surface area contributed by atoms with Crippen LogP contribution in [0.15, 0.2) is 0 Å². The Bertz CT molecular complexity index is 696. The summed E-state index contributed by atoms with van der Waals surface area (Å²) in [4.78, 5) is 0. The summed E-state index contributed by atoms with van der Waals surface area (Å²) in [7, 11) is -0.263. The van der Waals surface area contributed by atoms with Crippen molar-refractivity contribution in [1.82, 2.24) is 0 Å². The van der Waals surface area contributed by atoms with Crippen molar-refractivity contribution in [2.75, 3.05) is 32.3 Å². The smallest absolute Gasteiger partial charge is 0.200 e. The number of hydrogen-bond donors (Lipinski definition) is 0. The molecule has 0 amide bonds. The summed E-state index contributed by atoms with van der Waals surface area (Å²) in [6.45, 7) is 33.8. The molecule has 0 aliphatic carbocycles. The van der Waals surface area contributed by atoms with Crippen LogP contribution in [0.4, 0.5) is 0 Å². The molecule has 40 heavy (non-hydrogen) atoms. The van der Waals surface area contributed by atoms with E-state index in [0.29, 0.717) is 27.1 Å². The van der Waals surface area contributed by atoms with Crippen LogP contribution in [0.1, 0.15) is 102 Å². The summed E-state index contributed by atoms with van der Waals surface area (Å²) >= 11 is 4.25. The van der Waals surface area contributed by atoms with Gasteiger partial charge < -0.3 is 18.3 Å². The van der Waals surface area contributed by atoms with Gasteiger partial charge in [0.25, 0.3) is 0 Å². The first kappa shape index (κ1) is 39.0. The van der Waals surface area contributed by atoms with E-state index in [2.05, 4.69) is 120 Å². The molecule has 0 spiro atoms. The Balaban J connectivity index is 3.26. The molecule has 1 fully saturated rings. The number of thioether (sulfide) groups is 2. The first-order valence-corrected chi connectivity index (χ1v) is 23.0. The normalized spacial score (nSPS) is 19.9. The van der Waals surface area contributed by atoms with Crippen LogP contribution in [0.5, 0.6) is 0 Å². The molecule has 240 valence electrons. The molecule has 8 heteroatoms. The highest BCUT2D eigenvalue weighted by Gasteiger charge is 2.47. The third-order valence-corrected chi connectivity index (χ3v) is 24.0. The largest absolute Gasteiger partial charge is 0.416 e. The summed E-state index contributed by atoms with van der Waals surface area (Å²) in [6, 6.07) is 0. The van der Waals surface area contributed by atoms with Crippen LogP contribution in [-0.4, -0.2) is 71.9 Å². The average molecular weight is 637 g/mol. The van der Waals surface area contributed by atoms with E-state index in [9.17, 15) is 0 Å². The van der Waals surface area contributed by atoms with Crippen LogP contribution < -0.4 is 0 Å². The first-order valence-electron chi connectivity index (χ1n) is 15.9. The fourth-order valence-corrected chi connectivity index (χ4v) is 16.6. The van der Waals surface area contributed by atoms with Gasteiger partial charge in [-0.05, 0) is 76.9 Å². The van der Waals surface area contributed by atoms with Gasteiger partial charge in [-0.15, -0.1) is 23.5 Å². The molecule has 0 aromatic carbocycles. The highest BCUT2D eigenvalue weighted by atomic mass is 32.2. The van der Waals surface area contributed by atoms with Gasteiger partial charge in [0, 0.05) is 20.8 Å². The SMILES string of the molecule is CO[C@@H](C[C@@H](C)CO[Si](C(C)C)(C(C)C)C(C)C)[C@@H](O[Si](C)(C)C(C)(C)C)[C@H](CC(C)(C)C1SCCCS1)OC. The first-order chi connectivity index (χ1) is 18.3. The summed E-state index contributed by atoms with van der Waals surface area (Å²) in [5, 5.41) is 0.109. The molecule has 1 aliphatic heterocycles. The second-order valence-corrected chi connectivity index (χ2v) is 28.4. The molecule has 1 heterocycles. The molecular weight excluding hydrogens is 569 g/mol. The highest BCUT2D eigenvalue weighted by Crippen LogP contribution is 2.47. The standard InChI is InChI=1S/C32H68O4S2Si2/c1-23(2)40(24(3)4,25(5)6)35-22-26(7)20-27(33-13)29(36-39(15,16)31(8,9)10)28(34-14)21-32(11,12)30-37-18-17-19-38-30/h23-30H,17-22H2,1-16H3/t26-,27+,28+,29-/m1/s1. The molecule has 1 aliphatic rings. The summed E-state index contributed by atoms with van der Waals surface area (Å²) in [6.07, 6.45) is 2.99. The quantitative estimate of drug-likeness (QED) is 0.148. The summed E-state index contributed by atoms with van der Waals surface area (Å²) < 4.78 is 27.5. The van der Waals surface area contributed by atoms with Gasteiger partial charge in [0.1, 0.15) is 0 Å². The van der Waals surface area contributed by atoms with Crippen LogP contribution >= 0.6 is 23.5 Å². The minimum Gasteiger partial charge on any atom is -0.416 e. The van der Waals surface area contributed by atoms with Crippen molar-refractivity contribution in [3.63, 3.8) is 0 Å². The zero-order valence-corrected chi connectivity index (χ0v) is 32.9. The van der Waals surface area contributed by atoms with Crippen molar-refractivity contribution >= 4 is 40.2 Å². The number of rotatable bonds is 17. The lowest BCUT2D eigenvalue weighted by Gasteiger charge is -2.46. The molecule has 0 aromatic rings. The molecule has 0 saturated carbocycles. The molecule has 0 N–H and O–H groups in total. The van der Waals surface area contributed by atoms with Crippen molar-refractivity contribution in [2.24, 2.45) is 11.3 Å². The lowest BCUT2D eigenvalue weighted by atomic mass is 9.84. The Morgan fingerprint density at radius 2 is 1.25 bits per heavy atom. The van der Waals surface area contributed by atoms with Gasteiger partial charge >= 0.3 is 0 Å². The van der Waals surface area contributed by atoms with Crippen molar-refractivity contribution in [3.05, 3.63) is 0 Å². The molecule has 0 radical (unpaired) electrons. The zero-order valence-electron chi connectivity index (χ0n) is 29.3. The Kier molecular flexibility index (Phi) is 15.9. The van der Waals surface area contributed by atoms with E-state index < -0.39 is 16.6 Å². The fraction of sp³-hybridized carbons (Fsp3) is 1.00. The van der Waals surface area contributed by atoms with Crippen LogP contribution in [-0.2, 0) is 18.3 Å². The van der Waals surface area contributed by atoms with Crippen molar-refractivity contribution in [2.45, 2.75) is 160 Å². The molecule has 4 nitrogen and oxygen atoms in total. The van der Waals surface area contributed by atoms with Gasteiger partial charge in [0.15, 0.2) is 16.6 Å². The van der Waals surface area contributed by atoms with E-state index in [1.165, 1.54) is 17.9 Å². The number of ether oxygens (including phenoxy) is 2. The Morgan fingerprint density at radius 1 is 0.775 bits per heavy atom. The van der Waals surface area contributed by atoms with E-state index >= 15 is 0 Å². The molecule has 0 aromatic heterocycles. The van der Waals surface area contributed by atoms with Gasteiger partial charge in [-0.25, -0.2) is 0 Å². The van der Waals surface area contributed by atoms with Crippen molar-refractivity contribution < 1.29 is 18.3 Å². The molecule has 0 unspecified atom stereocenters. The van der Waals surface area contributed by atoms with Gasteiger partial charge in [-0.1, -0.05) is 83.1 Å². The predicted octanol–water partition coefficient (Wildman–Crippen LogP) is 10.2. The van der Waals surface area contributed by atoms with Crippen molar-refractivity contribution in [1.29, 1.82) is 0 Å². The highest BCUT2D eigenvalue weighted by molar-refractivity contribution is 8.17. The van der Waals surface area contributed by atoms with Crippen LogP contribution in [0.2, 0.25) is 34.8 Å². The van der Waals surface area contributed by atoms with Crippen LogP contribution in [0.3, 0.4) is 0 Å². The predicted molar refractivity (Wildman–Crippen MR) is 186 cm³/mol. The van der Waals surface area contributed by atoms with Crippen LogP contribution in [0.25, 0.3) is 0 Å². The lowest BCUT2D eigenvalue weighted by Crippen LogP contribution is -2.54. The Labute approximate surface area is 261 Å². The second-order valence-electron chi connectivity index (χ2n) is 15.5. The molecule has 1 saturated heterocycles. The van der Waals surface area contributed by atoms with E-state index in [1.54, 1.807) is 0 Å². The third kappa shape index (κ3) is 10.3. The maximum Gasteiger partial charge on any atom is 0.200 e. The fourth-order valence-electron chi connectivity index (χ4n) is 6.41. The van der Waals surface area contributed by atoms with Crippen LogP contribution in [0, 0.1) is 11.3 Å². The Hall–Kier alpha value is 0.974. The monoisotopic (exact) mass is 636 g/mol. The summed E-state index contributed by atoms with van der Waals surface area (Å²) in [5.74, 6) is 2.89. The van der Waals surface area contributed by atoms with Crippen molar-refractivity contribution in [3.8, 4) is 0 Å².